The highest BCUT2D eigenvalue weighted by Crippen LogP contribution is 2.28. The number of H-pyrrole nitrogens is 1. The number of hydrogen-bond acceptors (Lipinski definition) is 2. The van der Waals surface area contributed by atoms with Crippen LogP contribution in [0.2, 0.25) is 0 Å². The summed E-state index contributed by atoms with van der Waals surface area (Å²) < 4.78 is 0. The van der Waals surface area contributed by atoms with Crippen LogP contribution < -0.4 is 5.32 Å². The van der Waals surface area contributed by atoms with Gasteiger partial charge in [-0.2, -0.15) is 5.10 Å². The molecule has 0 radical (unpaired) electrons. The molecule has 2 N–H and O–H groups in total. The van der Waals surface area contributed by atoms with Gasteiger partial charge >= 0.3 is 0 Å². The van der Waals surface area contributed by atoms with E-state index >= 15 is 0 Å². The zero-order valence-corrected chi connectivity index (χ0v) is 10.2. The first-order valence-electron chi connectivity index (χ1n) is 6.59. The van der Waals surface area contributed by atoms with Gasteiger partial charge in [-0.05, 0) is 38.3 Å². The third kappa shape index (κ3) is 3.34. The number of nitrogens with zero attached hydrogens (tertiary/aromatic N) is 1. The van der Waals surface area contributed by atoms with Crippen LogP contribution in [0.15, 0.2) is 12.3 Å². The maximum absolute atomic E-state index is 3.97. The van der Waals surface area contributed by atoms with Gasteiger partial charge in [0, 0.05) is 12.2 Å². The molecule has 16 heavy (non-hydrogen) atoms. The van der Waals surface area contributed by atoms with Crippen LogP contribution in [0, 0.1) is 5.92 Å². The van der Waals surface area contributed by atoms with E-state index in [2.05, 4.69) is 22.4 Å². The molecule has 0 bridgehead atoms. The van der Waals surface area contributed by atoms with Crippen molar-refractivity contribution in [2.75, 3.05) is 6.54 Å². The SMILES string of the molecule is CC(NCCCC1CCCC1)c1ccn[nH]1. The fraction of sp³-hybridized carbons (Fsp3) is 0.769. The highest BCUT2D eigenvalue weighted by Gasteiger charge is 2.14. The first-order valence-corrected chi connectivity index (χ1v) is 6.59. The van der Waals surface area contributed by atoms with E-state index in [9.17, 15) is 0 Å². The second-order valence-electron chi connectivity index (χ2n) is 4.98. The summed E-state index contributed by atoms with van der Waals surface area (Å²) in [5.74, 6) is 1.02. The average molecular weight is 221 g/mol. The number of rotatable bonds is 6. The Bertz CT molecular complexity index is 275. The molecule has 1 aromatic rings. The minimum absolute atomic E-state index is 0.395. The molecule has 3 heteroatoms. The van der Waals surface area contributed by atoms with E-state index in [1.807, 2.05) is 12.3 Å². The molecular formula is C13H23N3. The smallest absolute Gasteiger partial charge is 0.0518 e. The molecule has 1 aromatic heterocycles. The van der Waals surface area contributed by atoms with Crippen LogP contribution in [-0.2, 0) is 0 Å². The largest absolute Gasteiger partial charge is 0.309 e. The van der Waals surface area contributed by atoms with Gasteiger partial charge < -0.3 is 5.32 Å². The fourth-order valence-electron chi connectivity index (χ4n) is 2.63. The molecule has 0 saturated heterocycles. The summed E-state index contributed by atoms with van der Waals surface area (Å²) in [5.41, 5.74) is 1.18. The first kappa shape index (κ1) is 11.6. The molecule has 3 nitrogen and oxygen atoms in total. The van der Waals surface area contributed by atoms with E-state index in [4.69, 9.17) is 0 Å². The summed E-state index contributed by atoms with van der Waals surface area (Å²) >= 11 is 0. The Morgan fingerprint density at radius 3 is 3.00 bits per heavy atom. The predicted octanol–water partition coefficient (Wildman–Crippen LogP) is 3.03. The van der Waals surface area contributed by atoms with E-state index in [1.54, 1.807) is 0 Å². The van der Waals surface area contributed by atoms with Crippen LogP contribution in [-0.4, -0.2) is 16.7 Å². The molecule has 1 heterocycles. The van der Waals surface area contributed by atoms with Crippen LogP contribution in [0.4, 0.5) is 0 Å². The Balaban J connectivity index is 1.57. The maximum Gasteiger partial charge on any atom is 0.0518 e. The van der Waals surface area contributed by atoms with Gasteiger partial charge in [0.15, 0.2) is 0 Å². The van der Waals surface area contributed by atoms with Gasteiger partial charge in [0.25, 0.3) is 0 Å². The lowest BCUT2D eigenvalue weighted by molar-refractivity contribution is 0.454. The first-order chi connectivity index (χ1) is 7.86. The van der Waals surface area contributed by atoms with E-state index in [1.165, 1.54) is 44.2 Å². The molecule has 1 saturated carbocycles. The van der Waals surface area contributed by atoms with E-state index < -0.39 is 0 Å². The monoisotopic (exact) mass is 221 g/mol. The van der Waals surface area contributed by atoms with Crippen molar-refractivity contribution in [3.05, 3.63) is 18.0 Å². The van der Waals surface area contributed by atoms with Crippen molar-refractivity contribution in [1.29, 1.82) is 0 Å². The van der Waals surface area contributed by atoms with Gasteiger partial charge in [-0.3, -0.25) is 5.10 Å². The van der Waals surface area contributed by atoms with Crippen LogP contribution in [0.25, 0.3) is 0 Å². The van der Waals surface area contributed by atoms with Gasteiger partial charge in [-0.1, -0.05) is 25.7 Å². The summed E-state index contributed by atoms with van der Waals surface area (Å²) in [7, 11) is 0. The molecule has 0 aliphatic heterocycles. The Labute approximate surface area is 98.0 Å². The Morgan fingerprint density at radius 2 is 2.31 bits per heavy atom. The molecule has 0 aromatic carbocycles. The topological polar surface area (TPSA) is 40.7 Å². The Hall–Kier alpha value is -0.830. The number of aromatic nitrogens is 2. The summed E-state index contributed by atoms with van der Waals surface area (Å²) in [6.07, 6.45) is 10.4. The molecule has 0 spiro atoms. The summed E-state index contributed by atoms with van der Waals surface area (Å²) in [6.45, 7) is 3.31. The molecule has 1 unspecified atom stereocenters. The van der Waals surface area contributed by atoms with Crippen molar-refractivity contribution in [1.82, 2.24) is 15.5 Å². The van der Waals surface area contributed by atoms with Gasteiger partial charge in [0.2, 0.25) is 0 Å². The van der Waals surface area contributed by atoms with Gasteiger partial charge in [-0.15, -0.1) is 0 Å². The Kier molecular flexibility index (Phi) is 4.40. The van der Waals surface area contributed by atoms with Gasteiger partial charge in [-0.25, -0.2) is 0 Å². The zero-order valence-electron chi connectivity index (χ0n) is 10.2. The lowest BCUT2D eigenvalue weighted by Gasteiger charge is -2.13. The fourth-order valence-corrected chi connectivity index (χ4v) is 2.63. The molecule has 1 atom stereocenters. The van der Waals surface area contributed by atoms with Crippen LogP contribution in [0.1, 0.15) is 57.2 Å². The average Bonchev–Trinajstić information content (AvgIpc) is 2.96. The van der Waals surface area contributed by atoms with Crippen molar-refractivity contribution >= 4 is 0 Å². The standard InChI is InChI=1S/C13H23N3/c1-11(13-8-10-15-16-13)14-9-4-7-12-5-2-3-6-12/h8,10-12,14H,2-7,9H2,1H3,(H,15,16). The lowest BCUT2D eigenvalue weighted by atomic mass is 10.0. The van der Waals surface area contributed by atoms with Gasteiger partial charge in [0.1, 0.15) is 0 Å². The van der Waals surface area contributed by atoms with Crippen molar-refractivity contribution < 1.29 is 0 Å². The molecule has 90 valence electrons. The molecule has 2 rings (SSSR count). The number of hydrogen-bond donors (Lipinski definition) is 2. The third-order valence-corrected chi connectivity index (χ3v) is 3.70. The quantitative estimate of drug-likeness (QED) is 0.725. The van der Waals surface area contributed by atoms with Crippen molar-refractivity contribution in [3.8, 4) is 0 Å². The summed E-state index contributed by atoms with van der Waals surface area (Å²) in [5, 5.41) is 10.5. The van der Waals surface area contributed by atoms with Gasteiger partial charge in [0.05, 0.1) is 5.69 Å². The minimum Gasteiger partial charge on any atom is -0.309 e. The van der Waals surface area contributed by atoms with Crippen LogP contribution >= 0.6 is 0 Å². The normalized spacial score (nSPS) is 19.1. The molecule has 1 aliphatic rings. The minimum atomic E-state index is 0.395. The van der Waals surface area contributed by atoms with E-state index in [0.717, 1.165) is 12.5 Å². The van der Waals surface area contributed by atoms with E-state index in [0.29, 0.717) is 6.04 Å². The Morgan fingerprint density at radius 1 is 1.50 bits per heavy atom. The predicted molar refractivity (Wildman–Crippen MR) is 66.2 cm³/mol. The number of aromatic amines is 1. The van der Waals surface area contributed by atoms with Crippen molar-refractivity contribution in [2.45, 2.75) is 51.5 Å². The summed E-state index contributed by atoms with van der Waals surface area (Å²) in [4.78, 5) is 0. The van der Waals surface area contributed by atoms with E-state index in [-0.39, 0.29) is 0 Å². The molecule has 1 fully saturated rings. The van der Waals surface area contributed by atoms with Crippen LogP contribution in [0.5, 0.6) is 0 Å². The van der Waals surface area contributed by atoms with Crippen LogP contribution in [0.3, 0.4) is 0 Å². The maximum atomic E-state index is 3.97. The summed E-state index contributed by atoms with van der Waals surface area (Å²) in [6, 6.07) is 2.43. The highest BCUT2D eigenvalue weighted by molar-refractivity contribution is 5.02. The molecular weight excluding hydrogens is 198 g/mol. The molecule has 1 aliphatic carbocycles. The zero-order chi connectivity index (χ0) is 11.2. The second kappa shape index (κ2) is 6.04. The lowest BCUT2D eigenvalue weighted by Crippen LogP contribution is -2.20. The van der Waals surface area contributed by atoms with Crippen molar-refractivity contribution in [2.24, 2.45) is 5.92 Å². The number of nitrogens with one attached hydrogen (secondary N) is 2. The highest BCUT2D eigenvalue weighted by atomic mass is 15.1. The third-order valence-electron chi connectivity index (χ3n) is 3.70. The molecule has 0 amide bonds. The second-order valence-corrected chi connectivity index (χ2v) is 4.98. The van der Waals surface area contributed by atoms with Crippen molar-refractivity contribution in [3.63, 3.8) is 0 Å².